The van der Waals surface area contributed by atoms with Gasteiger partial charge in [-0.05, 0) is 49.2 Å². The zero-order chi connectivity index (χ0) is 20.5. The fraction of sp³-hybridized carbons (Fsp3) is 0.250. The van der Waals surface area contributed by atoms with Crippen LogP contribution in [-0.4, -0.2) is 30.9 Å². The van der Waals surface area contributed by atoms with E-state index in [1.54, 1.807) is 6.07 Å². The van der Waals surface area contributed by atoms with Crippen molar-refractivity contribution in [2.24, 2.45) is 0 Å². The molecule has 0 aliphatic rings. The van der Waals surface area contributed by atoms with Crippen molar-refractivity contribution in [3.63, 3.8) is 0 Å². The Morgan fingerprint density at radius 3 is 2.46 bits per heavy atom. The third kappa shape index (κ3) is 7.40. The van der Waals surface area contributed by atoms with E-state index in [9.17, 15) is 14.4 Å². The third-order valence-electron chi connectivity index (χ3n) is 3.83. The lowest BCUT2D eigenvalue weighted by Gasteiger charge is -2.10. The van der Waals surface area contributed by atoms with E-state index in [1.807, 2.05) is 50.2 Å². The first-order chi connectivity index (χ1) is 13.3. The Morgan fingerprint density at radius 1 is 0.929 bits per heavy atom. The summed E-state index contributed by atoms with van der Waals surface area (Å²) >= 11 is 3.36. The van der Waals surface area contributed by atoms with Crippen LogP contribution in [0.3, 0.4) is 0 Å². The molecule has 0 saturated carbocycles. The van der Waals surface area contributed by atoms with Crippen LogP contribution in [-0.2, 0) is 9.59 Å². The zero-order valence-corrected chi connectivity index (χ0v) is 17.4. The molecular formula is C20H23BrN4O3. The summed E-state index contributed by atoms with van der Waals surface area (Å²) in [4.78, 5) is 35.6. The molecule has 8 heteroatoms. The van der Waals surface area contributed by atoms with Crippen LogP contribution < -0.4 is 21.3 Å². The van der Waals surface area contributed by atoms with E-state index in [2.05, 4.69) is 37.2 Å². The van der Waals surface area contributed by atoms with Gasteiger partial charge in [0.2, 0.25) is 11.8 Å². The van der Waals surface area contributed by atoms with E-state index < -0.39 is 6.03 Å². The van der Waals surface area contributed by atoms with Gasteiger partial charge in [0.15, 0.2) is 0 Å². The van der Waals surface area contributed by atoms with Crippen LogP contribution in [0.5, 0.6) is 0 Å². The summed E-state index contributed by atoms with van der Waals surface area (Å²) in [7, 11) is 0. The van der Waals surface area contributed by atoms with Gasteiger partial charge in [-0.3, -0.25) is 9.59 Å². The minimum Gasteiger partial charge on any atom is -0.354 e. The van der Waals surface area contributed by atoms with Crippen LogP contribution in [0.1, 0.15) is 17.5 Å². The van der Waals surface area contributed by atoms with Crippen molar-refractivity contribution in [1.29, 1.82) is 0 Å². The Balaban J connectivity index is 1.66. The molecule has 148 valence electrons. The summed E-state index contributed by atoms with van der Waals surface area (Å²) in [6.07, 6.45) is 0.132. The van der Waals surface area contributed by atoms with Crippen molar-refractivity contribution in [2.75, 3.05) is 23.7 Å². The molecule has 2 aromatic carbocycles. The average Bonchev–Trinajstić information content (AvgIpc) is 2.63. The van der Waals surface area contributed by atoms with E-state index in [0.29, 0.717) is 5.69 Å². The lowest BCUT2D eigenvalue weighted by Crippen LogP contribution is -2.39. The number of hydrogen-bond donors (Lipinski definition) is 4. The van der Waals surface area contributed by atoms with Crippen molar-refractivity contribution in [1.82, 2.24) is 10.6 Å². The van der Waals surface area contributed by atoms with E-state index in [0.717, 1.165) is 21.3 Å². The van der Waals surface area contributed by atoms with Crippen LogP contribution in [0, 0.1) is 13.8 Å². The summed E-state index contributed by atoms with van der Waals surface area (Å²) < 4.78 is 0.872. The maximum absolute atomic E-state index is 12.0. The molecule has 0 unspecified atom stereocenters. The summed E-state index contributed by atoms with van der Waals surface area (Å²) in [5, 5.41) is 10.5. The summed E-state index contributed by atoms with van der Waals surface area (Å²) in [6, 6.07) is 12.5. The van der Waals surface area contributed by atoms with Gasteiger partial charge in [-0.15, -0.1) is 0 Å². The summed E-state index contributed by atoms with van der Waals surface area (Å²) in [5.74, 6) is -0.572. The van der Waals surface area contributed by atoms with Crippen LogP contribution >= 0.6 is 15.9 Å². The molecular weight excluding hydrogens is 424 g/mol. The smallest absolute Gasteiger partial charge is 0.319 e. The highest BCUT2D eigenvalue weighted by Gasteiger charge is 2.08. The molecule has 0 aromatic heterocycles. The molecule has 2 aromatic rings. The molecule has 0 spiro atoms. The molecule has 28 heavy (non-hydrogen) atoms. The van der Waals surface area contributed by atoms with E-state index in [4.69, 9.17) is 0 Å². The fourth-order valence-corrected chi connectivity index (χ4v) is 2.74. The topological polar surface area (TPSA) is 99.3 Å². The number of rotatable bonds is 7. The normalized spacial score (nSPS) is 10.1. The lowest BCUT2D eigenvalue weighted by molar-refractivity contribution is -0.120. The molecule has 0 heterocycles. The van der Waals surface area contributed by atoms with E-state index >= 15 is 0 Å². The molecule has 0 radical (unpaired) electrons. The second-order valence-electron chi connectivity index (χ2n) is 6.28. The van der Waals surface area contributed by atoms with Crippen molar-refractivity contribution >= 4 is 45.2 Å². The van der Waals surface area contributed by atoms with Gasteiger partial charge in [0.1, 0.15) is 0 Å². The molecule has 0 fully saturated rings. The quantitative estimate of drug-likeness (QED) is 0.524. The van der Waals surface area contributed by atoms with Gasteiger partial charge in [0.25, 0.3) is 0 Å². The largest absolute Gasteiger partial charge is 0.354 e. The zero-order valence-electron chi connectivity index (χ0n) is 15.8. The Morgan fingerprint density at radius 2 is 1.71 bits per heavy atom. The van der Waals surface area contributed by atoms with E-state index in [1.165, 1.54) is 0 Å². The van der Waals surface area contributed by atoms with Crippen LogP contribution in [0.4, 0.5) is 16.2 Å². The molecule has 0 atom stereocenters. The molecule has 4 N–H and O–H groups in total. The monoisotopic (exact) mass is 446 g/mol. The van der Waals surface area contributed by atoms with Gasteiger partial charge in [-0.25, -0.2) is 4.79 Å². The van der Waals surface area contributed by atoms with Gasteiger partial charge >= 0.3 is 6.03 Å². The molecule has 0 aliphatic carbocycles. The van der Waals surface area contributed by atoms with Crippen LogP contribution in [0.2, 0.25) is 0 Å². The molecule has 0 saturated heterocycles. The highest BCUT2D eigenvalue weighted by atomic mass is 79.9. The summed E-state index contributed by atoms with van der Waals surface area (Å²) in [6.45, 7) is 3.82. The molecule has 4 amide bonds. The second kappa shape index (κ2) is 10.5. The number of nitrogens with one attached hydrogen (secondary N) is 4. The number of aryl methyl sites for hydroxylation is 2. The average molecular weight is 447 g/mol. The molecule has 0 aliphatic heterocycles. The van der Waals surface area contributed by atoms with Gasteiger partial charge < -0.3 is 21.3 Å². The number of carbonyl (C=O) groups excluding carboxylic acids is 3. The van der Waals surface area contributed by atoms with Gasteiger partial charge in [0.05, 0.1) is 6.54 Å². The number of urea groups is 1. The highest BCUT2D eigenvalue weighted by Crippen LogP contribution is 2.20. The van der Waals surface area contributed by atoms with Crippen LogP contribution in [0.25, 0.3) is 0 Å². The highest BCUT2D eigenvalue weighted by molar-refractivity contribution is 9.10. The van der Waals surface area contributed by atoms with Gasteiger partial charge in [-0.1, -0.05) is 34.1 Å². The predicted molar refractivity (Wildman–Crippen MR) is 113 cm³/mol. The van der Waals surface area contributed by atoms with E-state index in [-0.39, 0.29) is 31.3 Å². The maximum Gasteiger partial charge on any atom is 0.319 e. The number of carbonyl (C=O) groups is 3. The Kier molecular flexibility index (Phi) is 8.01. The predicted octanol–water partition coefficient (Wildman–Crippen LogP) is 3.33. The van der Waals surface area contributed by atoms with Gasteiger partial charge in [0, 0.05) is 28.8 Å². The Hall–Kier alpha value is -2.87. The lowest BCUT2D eigenvalue weighted by atomic mass is 10.2. The number of hydrogen-bond acceptors (Lipinski definition) is 3. The standard InChI is InChI=1S/C20H23BrN4O3/c1-13-4-3-5-16(10-13)24-20(28)23-12-19(27)22-9-8-18(26)25-17-11-15(21)7-6-14(17)2/h3-7,10-11H,8-9,12H2,1-2H3,(H,22,27)(H,25,26)(H2,23,24,28). The van der Waals surface area contributed by atoms with Crippen molar-refractivity contribution in [3.05, 3.63) is 58.1 Å². The van der Waals surface area contributed by atoms with Crippen LogP contribution in [0.15, 0.2) is 46.9 Å². The Bertz CT molecular complexity index is 870. The fourth-order valence-electron chi connectivity index (χ4n) is 2.38. The van der Waals surface area contributed by atoms with Crippen molar-refractivity contribution in [3.8, 4) is 0 Å². The SMILES string of the molecule is Cc1cccc(NC(=O)NCC(=O)NCCC(=O)Nc2cc(Br)ccc2C)c1. The first-order valence-corrected chi connectivity index (χ1v) is 9.57. The number of benzene rings is 2. The molecule has 0 bridgehead atoms. The minimum absolute atomic E-state index is 0.132. The first kappa shape index (κ1) is 21.4. The minimum atomic E-state index is -0.469. The third-order valence-corrected chi connectivity index (χ3v) is 4.33. The van der Waals surface area contributed by atoms with Crippen molar-refractivity contribution in [2.45, 2.75) is 20.3 Å². The van der Waals surface area contributed by atoms with Gasteiger partial charge in [-0.2, -0.15) is 0 Å². The number of amides is 4. The maximum atomic E-state index is 12.0. The molecule has 2 rings (SSSR count). The first-order valence-electron chi connectivity index (χ1n) is 8.77. The second-order valence-corrected chi connectivity index (χ2v) is 7.20. The Labute approximate surface area is 172 Å². The van der Waals surface area contributed by atoms with Crippen molar-refractivity contribution < 1.29 is 14.4 Å². The summed E-state index contributed by atoms with van der Waals surface area (Å²) in [5.41, 5.74) is 3.34. The number of halogens is 1. The molecule has 7 nitrogen and oxygen atoms in total. The number of anilines is 2.